The molecule has 0 aromatic carbocycles. The summed E-state index contributed by atoms with van der Waals surface area (Å²) in [5.41, 5.74) is 0.841. The summed E-state index contributed by atoms with van der Waals surface area (Å²) < 4.78 is 14.0. The summed E-state index contributed by atoms with van der Waals surface area (Å²) in [5.74, 6) is 0.177. The van der Waals surface area contributed by atoms with Gasteiger partial charge in [0, 0.05) is 38.5 Å². The van der Waals surface area contributed by atoms with Crippen molar-refractivity contribution in [2.24, 2.45) is 0 Å². The summed E-state index contributed by atoms with van der Waals surface area (Å²) in [6.07, 6.45) is 3.02. The minimum Gasteiger partial charge on any atom is -0.396 e. The molecule has 0 spiro atoms. The van der Waals surface area contributed by atoms with Gasteiger partial charge in [-0.2, -0.15) is 0 Å². The zero-order valence-electron chi connectivity index (χ0n) is 10.7. The predicted octanol–water partition coefficient (Wildman–Crippen LogP) is 0.944. The van der Waals surface area contributed by atoms with Crippen molar-refractivity contribution >= 4 is 5.82 Å². The summed E-state index contributed by atoms with van der Waals surface area (Å²) in [6, 6.07) is 1.79. The van der Waals surface area contributed by atoms with Gasteiger partial charge in [0.2, 0.25) is 0 Å². The highest BCUT2D eigenvalue weighted by Crippen LogP contribution is 2.20. The van der Waals surface area contributed by atoms with E-state index in [1.165, 1.54) is 6.07 Å². The number of aromatic nitrogens is 1. The lowest BCUT2D eigenvalue weighted by molar-refractivity contribution is 0.288. The van der Waals surface area contributed by atoms with Crippen LogP contribution in [0.25, 0.3) is 0 Å². The Bertz CT molecular complexity index is 400. The summed E-state index contributed by atoms with van der Waals surface area (Å²) in [4.78, 5) is 6.25. The van der Waals surface area contributed by atoms with E-state index < -0.39 is 0 Å². The van der Waals surface area contributed by atoms with Crippen LogP contribution in [-0.4, -0.2) is 42.4 Å². The van der Waals surface area contributed by atoms with Crippen LogP contribution < -0.4 is 10.2 Å². The molecule has 1 aromatic rings. The third kappa shape index (κ3) is 2.97. The van der Waals surface area contributed by atoms with Crippen LogP contribution in [0.5, 0.6) is 0 Å². The number of nitrogens with zero attached hydrogens (tertiary/aromatic N) is 2. The van der Waals surface area contributed by atoms with E-state index in [2.05, 4.69) is 17.2 Å². The standard InChI is InChI=1S/C13H20FN3O/c1-10-8-15-4-5-17(10)13-12(14)7-11(9-16-13)3-2-6-18/h7,9-10,15,18H,2-6,8H2,1H3/t10-/m0/s1. The van der Waals surface area contributed by atoms with Crippen molar-refractivity contribution in [1.82, 2.24) is 10.3 Å². The Balaban J connectivity index is 2.13. The maximum Gasteiger partial charge on any atom is 0.165 e. The Kier molecular flexibility index (Phi) is 4.49. The van der Waals surface area contributed by atoms with Crippen molar-refractivity contribution in [2.75, 3.05) is 31.1 Å². The lowest BCUT2D eigenvalue weighted by Crippen LogP contribution is -2.50. The average molecular weight is 253 g/mol. The molecule has 2 rings (SSSR count). The first-order valence-corrected chi connectivity index (χ1v) is 6.45. The van der Waals surface area contributed by atoms with Gasteiger partial charge in [-0.25, -0.2) is 9.37 Å². The smallest absolute Gasteiger partial charge is 0.165 e. The van der Waals surface area contributed by atoms with Crippen LogP contribution in [0.1, 0.15) is 18.9 Å². The van der Waals surface area contributed by atoms with Gasteiger partial charge in [-0.1, -0.05) is 0 Å². The summed E-state index contributed by atoms with van der Waals surface area (Å²) in [6.45, 7) is 4.68. The van der Waals surface area contributed by atoms with Gasteiger partial charge in [-0.15, -0.1) is 0 Å². The highest BCUT2D eigenvalue weighted by Gasteiger charge is 2.22. The molecule has 1 saturated heterocycles. The molecule has 1 fully saturated rings. The molecule has 0 amide bonds. The number of halogens is 1. The summed E-state index contributed by atoms with van der Waals surface area (Å²) in [7, 11) is 0. The molecule has 0 aliphatic carbocycles. The zero-order valence-corrected chi connectivity index (χ0v) is 10.7. The molecule has 1 aliphatic rings. The molecular weight excluding hydrogens is 233 g/mol. The van der Waals surface area contributed by atoms with Crippen molar-refractivity contribution in [3.8, 4) is 0 Å². The van der Waals surface area contributed by atoms with Crippen LogP contribution in [0.2, 0.25) is 0 Å². The first-order valence-electron chi connectivity index (χ1n) is 6.45. The summed E-state index contributed by atoms with van der Waals surface area (Å²) >= 11 is 0. The topological polar surface area (TPSA) is 48.4 Å². The van der Waals surface area contributed by atoms with Gasteiger partial charge in [0.05, 0.1) is 0 Å². The third-order valence-corrected chi connectivity index (χ3v) is 3.28. The van der Waals surface area contributed by atoms with Crippen molar-refractivity contribution < 1.29 is 9.50 Å². The van der Waals surface area contributed by atoms with E-state index in [9.17, 15) is 4.39 Å². The Labute approximate surface area is 107 Å². The fraction of sp³-hybridized carbons (Fsp3) is 0.615. The van der Waals surface area contributed by atoms with Crippen LogP contribution in [0, 0.1) is 5.82 Å². The molecule has 2 N–H and O–H groups in total. The highest BCUT2D eigenvalue weighted by atomic mass is 19.1. The van der Waals surface area contributed by atoms with E-state index in [0.29, 0.717) is 18.7 Å². The minimum absolute atomic E-state index is 0.123. The number of aliphatic hydroxyl groups is 1. The quantitative estimate of drug-likeness (QED) is 0.838. The summed E-state index contributed by atoms with van der Waals surface area (Å²) in [5, 5.41) is 12.0. The zero-order chi connectivity index (χ0) is 13.0. The van der Waals surface area contributed by atoms with E-state index in [0.717, 1.165) is 25.2 Å². The lowest BCUT2D eigenvalue weighted by atomic mass is 10.1. The largest absolute Gasteiger partial charge is 0.396 e. The molecule has 0 bridgehead atoms. The maximum atomic E-state index is 14.0. The molecule has 0 radical (unpaired) electrons. The predicted molar refractivity (Wildman–Crippen MR) is 69.3 cm³/mol. The van der Waals surface area contributed by atoms with Gasteiger partial charge in [0.25, 0.3) is 0 Å². The van der Waals surface area contributed by atoms with Gasteiger partial charge in [-0.3, -0.25) is 0 Å². The van der Waals surface area contributed by atoms with Crippen LogP contribution >= 0.6 is 0 Å². The molecule has 0 unspecified atom stereocenters. The second kappa shape index (κ2) is 6.11. The molecular formula is C13H20FN3O. The molecule has 1 aliphatic heterocycles. The number of rotatable bonds is 4. The second-order valence-corrected chi connectivity index (χ2v) is 4.72. The van der Waals surface area contributed by atoms with Gasteiger partial charge >= 0.3 is 0 Å². The number of aliphatic hydroxyl groups excluding tert-OH is 1. The van der Waals surface area contributed by atoms with Crippen molar-refractivity contribution in [3.63, 3.8) is 0 Å². The molecule has 1 aromatic heterocycles. The molecule has 2 heterocycles. The van der Waals surface area contributed by atoms with Crippen LogP contribution in [0.15, 0.2) is 12.3 Å². The van der Waals surface area contributed by atoms with Crippen LogP contribution in [0.3, 0.4) is 0 Å². The van der Waals surface area contributed by atoms with Crippen LogP contribution in [0.4, 0.5) is 10.2 Å². The second-order valence-electron chi connectivity index (χ2n) is 4.72. The van der Waals surface area contributed by atoms with E-state index in [1.807, 2.05) is 4.90 Å². The van der Waals surface area contributed by atoms with Gasteiger partial charge in [-0.05, 0) is 31.4 Å². The van der Waals surface area contributed by atoms with E-state index in [1.54, 1.807) is 6.20 Å². The molecule has 100 valence electrons. The number of piperazine rings is 1. The highest BCUT2D eigenvalue weighted by molar-refractivity contribution is 5.43. The first-order chi connectivity index (χ1) is 8.72. The molecule has 18 heavy (non-hydrogen) atoms. The number of nitrogens with one attached hydrogen (secondary N) is 1. The number of pyridine rings is 1. The van der Waals surface area contributed by atoms with Gasteiger partial charge < -0.3 is 15.3 Å². The first kappa shape index (κ1) is 13.2. The molecule has 1 atom stereocenters. The Morgan fingerprint density at radius 3 is 3.11 bits per heavy atom. The van der Waals surface area contributed by atoms with Gasteiger partial charge in [0.15, 0.2) is 11.6 Å². The van der Waals surface area contributed by atoms with Crippen molar-refractivity contribution in [2.45, 2.75) is 25.8 Å². The normalized spacial score (nSPS) is 20.2. The number of aryl methyl sites for hydroxylation is 1. The fourth-order valence-electron chi connectivity index (χ4n) is 2.26. The fourth-order valence-corrected chi connectivity index (χ4v) is 2.26. The average Bonchev–Trinajstić information content (AvgIpc) is 2.38. The van der Waals surface area contributed by atoms with Crippen LogP contribution in [-0.2, 0) is 6.42 Å². The monoisotopic (exact) mass is 253 g/mol. The molecule has 4 nitrogen and oxygen atoms in total. The Morgan fingerprint density at radius 2 is 2.44 bits per heavy atom. The van der Waals surface area contributed by atoms with E-state index >= 15 is 0 Å². The Morgan fingerprint density at radius 1 is 1.61 bits per heavy atom. The SMILES string of the molecule is C[C@H]1CNCCN1c1ncc(CCCO)cc1F. The van der Waals surface area contributed by atoms with E-state index in [4.69, 9.17) is 5.11 Å². The van der Waals surface area contributed by atoms with E-state index in [-0.39, 0.29) is 18.5 Å². The van der Waals surface area contributed by atoms with Gasteiger partial charge in [0.1, 0.15) is 0 Å². The molecule has 5 heteroatoms. The Hall–Kier alpha value is -1.20. The van der Waals surface area contributed by atoms with Crippen molar-refractivity contribution in [3.05, 3.63) is 23.6 Å². The maximum absolute atomic E-state index is 14.0. The number of anilines is 1. The number of hydrogen-bond donors (Lipinski definition) is 2. The minimum atomic E-state index is -0.265. The van der Waals surface area contributed by atoms with Crippen molar-refractivity contribution in [1.29, 1.82) is 0 Å². The number of hydrogen-bond acceptors (Lipinski definition) is 4. The lowest BCUT2D eigenvalue weighted by Gasteiger charge is -2.35. The third-order valence-electron chi connectivity index (χ3n) is 3.28. The molecule has 0 saturated carbocycles.